The van der Waals surface area contributed by atoms with Crippen LogP contribution >= 0.6 is 0 Å². The third-order valence-corrected chi connectivity index (χ3v) is 3.35. The predicted molar refractivity (Wildman–Crippen MR) is 81.0 cm³/mol. The predicted octanol–water partition coefficient (Wildman–Crippen LogP) is 2.96. The topological polar surface area (TPSA) is 80.3 Å². The molecule has 2 aromatic rings. The van der Waals surface area contributed by atoms with Gasteiger partial charge < -0.3 is 20.5 Å². The summed E-state index contributed by atoms with van der Waals surface area (Å²) in [5.74, 6) is 1.33. The van der Waals surface area contributed by atoms with Gasteiger partial charge >= 0.3 is 0 Å². The molecule has 0 spiro atoms. The fourth-order valence-corrected chi connectivity index (χ4v) is 2.18. The average molecular weight is 281 g/mol. The van der Waals surface area contributed by atoms with Gasteiger partial charge in [-0.25, -0.2) is 0 Å². The van der Waals surface area contributed by atoms with Crippen molar-refractivity contribution in [1.29, 1.82) is 5.26 Å². The largest absolute Gasteiger partial charge is 0.486 e. The number of rotatable bonds is 2. The molecule has 1 aliphatic heterocycles. The van der Waals surface area contributed by atoms with Crippen LogP contribution in [0, 0.1) is 18.3 Å². The van der Waals surface area contributed by atoms with Crippen molar-refractivity contribution in [1.82, 2.24) is 0 Å². The van der Waals surface area contributed by atoms with Gasteiger partial charge in [0.25, 0.3) is 0 Å². The smallest absolute Gasteiger partial charge is 0.163 e. The lowest BCUT2D eigenvalue weighted by Crippen LogP contribution is -2.15. The van der Waals surface area contributed by atoms with Crippen molar-refractivity contribution in [2.24, 2.45) is 0 Å². The van der Waals surface area contributed by atoms with Gasteiger partial charge in [0.1, 0.15) is 13.2 Å². The van der Waals surface area contributed by atoms with Gasteiger partial charge in [0.2, 0.25) is 0 Å². The lowest BCUT2D eigenvalue weighted by molar-refractivity contribution is 0.172. The summed E-state index contributed by atoms with van der Waals surface area (Å²) in [7, 11) is 0. The molecule has 1 heterocycles. The Morgan fingerprint density at radius 2 is 1.81 bits per heavy atom. The Balaban J connectivity index is 1.97. The van der Waals surface area contributed by atoms with Crippen LogP contribution in [0.2, 0.25) is 0 Å². The van der Waals surface area contributed by atoms with Gasteiger partial charge in [-0.05, 0) is 24.6 Å². The quantitative estimate of drug-likeness (QED) is 0.827. The minimum Gasteiger partial charge on any atom is -0.486 e. The normalized spacial score (nSPS) is 12.6. The van der Waals surface area contributed by atoms with E-state index in [1.165, 1.54) is 0 Å². The Morgan fingerprint density at radius 3 is 2.52 bits per heavy atom. The second kappa shape index (κ2) is 5.25. The Morgan fingerprint density at radius 1 is 1.10 bits per heavy atom. The van der Waals surface area contributed by atoms with Crippen LogP contribution in [0.4, 0.5) is 17.1 Å². The molecule has 0 aromatic heterocycles. The van der Waals surface area contributed by atoms with E-state index in [1.54, 1.807) is 18.2 Å². The highest BCUT2D eigenvalue weighted by molar-refractivity contribution is 5.78. The summed E-state index contributed by atoms with van der Waals surface area (Å²) < 4.78 is 11.1. The number of nitrogens with one attached hydrogen (secondary N) is 1. The molecule has 0 saturated carbocycles. The minimum absolute atomic E-state index is 0.527. The monoisotopic (exact) mass is 281 g/mol. The first-order chi connectivity index (χ1) is 10.2. The van der Waals surface area contributed by atoms with Crippen LogP contribution < -0.4 is 20.5 Å². The number of hydrogen-bond donors (Lipinski definition) is 2. The number of anilines is 3. The number of fused-ring (bicyclic) bond motifs is 1. The zero-order chi connectivity index (χ0) is 14.8. The summed E-state index contributed by atoms with van der Waals surface area (Å²) in [5, 5.41) is 12.2. The molecule has 0 saturated heterocycles. The molecular formula is C16H15N3O2. The molecule has 0 amide bonds. The molecule has 2 aromatic carbocycles. The molecule has 0 radical (unpaired) electrons. The highest BCUT2D eigenvalue weighted by Gasteiger charge is 2.15. The van der Waals surface area contributed by atoms with E-state index in [9.17, 15) is 0 Å². The SMILES string of the molecule is Cc1ccc(C#N)cc1Nc1cc2c(cc1N)OCCO2. The van der Waals surface area contributed by atoms with Gasteiger partial charge in [-0.2, -0.15) is 5.26 Å². The number of benzene rings is 2. The maximum absolute atomic E-state index is 8.99. The highest BCUT2D eigenvalue weighted by atomic mass is 16.6. The van der Waals surface area contributed by atoms with Crippen LogP contribution in [-0.2, 0) is 0 Å². The van der Waals surface area contributed by atoms with E-state index < -0.39 is 0 Å². The second-order valence-corrected chi connectivity index (χ2v) is 4.85. The first kappa shape index (κ1) is 13.1. The minimum atomic E-state index is 0.527. The molecule has 0 bridgehead atoms. The maximum Gasteiger partial charge on any atom is 0.163 e. The van der Waals surface area contributed by atoms with Gasteiger partial charge in [0.05, 0.1) is 23.0 Å². The Kier molecular flexibility index (Phi) is 3.28. The highest BCUT2D eigenvalue weighted by Crippen LogP contribution is 2.38. The average Bonchev–Trinajstić information content (AvgIpc) is 2.50. The molecule has 0 unspecified atom stereocenters. The van der Waals surface area contributed by atoms with Gasteiger partial charge in [-0.3, -0.25) is 0 Å². The molecule has 5 heteroatoms. The van der Waals surface area contributed by atoms with Crippen LogP contribution in [0.1, 0.15) is 11.1 Å². The summed E-state index contributed by atoms with van der Waals surface area (Å²) >= 11 is 0. The first-order valence-electron chi connectivity index (χ1n) is 6.64. The standard InChI is InChI=1S/C16H15N3O2/c1-10-2-3-11(9-17)6-13(10)19-14-8-16-15(7-12(14)18)20-4-5-21-16/h2-3,6-8,19H,4-5,18H2,1H3. The van der Waals surface area contributed by atoms with Crippen molar-refractivity contribution < 1.29 is 9.47 Å². The van der Waals surface area contributed by atoms with E-state index >= 15 is 0 Å². The summed E-state index contributed by atoms with van der Waals surface area (Å²) in [4.78, 5) is 0. The van der Waals surface area contributed by atoms with E-state index in [-0.39, 0.29) is 0 Å². The summed E-state index contributed by atoms with van der Waals surface area (Å²) in [6.07, 6.45) is 0. The Labute approximate surface area is 122 Å². The lowest BCUT2D eigenvalue weighted by atomic mass is 10.1. The molecular weight excluding hydrogens is 266 g/mol. The van der Waals surface area contributed by atoms with Crippen molar-refractivity contribution in [3.8, 4) is 17.6 Å². The van der Waals surface area contributed by atoms with Crippen LogP contribution in [-0.4, -0.2) is 13.2 Å². The van der Waals surface area contributed by atoms with Crippen molar-refractivity contribution in [3.63, 3.8) is 0 Å². The van der Waals surface area contributed by atoms with Crippen molar-refractivity contribution in [3.05, 3.63) is 41.5 Å². The summed E-state index contributed by atoms with van der Waals surface area (Å²) in [6, 6.07) is 11.2. The summed E-state index contributed by atoms with van der Waals surface area (Å²) in [6.45, 7) is 3.03. The fraction of sp³-hybridized carbons (Fsp3) is 0.188. The molecule has 5 nitrogen and oxygen atoms in total. The number of hydrogen-bond acceptors (Lipinski definition) is 5. The fourth-order valence-electron chi connectivity index (χ4n) is 2.18. The number of aryl methyl sites for hydroxylation is 1. The second-order valence-electron chi connectivity index (χ2n) is 4.85. The zero-order valence-electron chi connectivity index (χ0n) is 11.6. The zero-order valence-corrected chi connectivity index (χ0v) is 11.6. The third-order valence-electron chi connectivity index (χ3n) is 3.35. The number of ether oxygens (including phenoxy) is 2. The van der Waals surface area contributed by atoms with Gasteiger partial charge in [0.15, 0.2) is 11.5 Å². The molecule has 3 rings (SSSR count). The Hall–Kier alpha value is -2.87. The van der Waals surface area contributed by atoms with E-state index in [4.69, 9.17) is 20.5 Å². The van der Waals surface area contributed by atoms with E-state index in [0.29, 0.717) is 36.0 Å². The molecule has 3 N–H and O–H groups in total. The van der Waals surface area contributed by atoms with Crippen LogP contribution in [0.25, 0.3) is 0 Å². The molecule has 0 aliphatic carbocycles. The Bertz CT molecular complexity index is 735. The lowest BCUT2D eigenvalue weighted by Gasteiger charge is -2.21. The van der Waals surface area contributed by atoms with Crippen molar-refractivity contribution in [2.75, 3.05) is 24.3 Å². The molecule has 0 atom stereocenters. The molecule has 1 aliphatic rings. The van der Waals surface area contributed by atoms with Crippen LogP contribution in [0.15, 0.2) is 30.3 Å². The number of nitrogens with two attached hydrogens (primary N) is 1. The van der Waals surface area contributed by atoms with Crippen molar-refractivity contribution in [2.45, 2.75) is 6.92 Å². The van der Waals surface area contributed by atoms with E-state index in [1.807, 2.05) is 19.1 Å². The van der Waals surface area contributed by atoms with Gasteiger partial charge in [0, 0.05) is 17.8 Å². The van der Waals surface area contributed by atoms with Crippen LogP contribution in [0.5, 0.6) is 11.5 Å². The van der Waals surface area contributed by atoms with Gasteiger partial charge in [-0.15, -0.1) is 0 Å². The molecule has 106 valence electrons. The number of nitriles is 1. The number of nitrogen functional groups attached to an aromatic ring is 1. The molecule has 0 fully saturated rings. The first-order valence-corrected chi connectivity index (χ1v) is 6.64. The van der Waals surface area contributed by atoms with E-state index in [2.05, 4.69) is 11.4 Å². The summed E-state index contributed by atoms with van der Waals surface area (Å²) in [5.41, 5.74) is 9.83. The number of nitrogens with zero attached hydrogens (tertiary/aromatic N) is 1. The van der Waals surface area contributed by atoms with Crippen molar-refractivity contribution >= 4 is 17.1 Å². The van der Waals surface area contributed by atoms with E-state index in [0.717, 1.165) is 16.9 Å². The van der Waals surface area contributed by atoms with Gasteiger partial charge in [-0.1, -0.05) is 6.07 Å². The van der Waals surface area contributed by atoms with Crippen LogP contribution in [0.3, 0.4) is 0 Å². The molecule has 21 heavy (non-hydrogen) atoms. The maximum atomic E-state index is 8.99. The third kappa shape index (κ3) is 2.56.